The van der Waals surface area contributed by atoms with Crippen LogP contribution < -0.4 is 5.73 Å². The van der Waals surface area contributed by atoms with Gasteiger partial charge in [-0.05, 0) is 23.9 Å². The van der Waals surface area contributed by atoms with Crippen LogP contribution in [0, 0.1) is 6.92 Å². The van der Waals surface area contributed by atoms with Gasteiger partial charge in [0.15, 0.2) is 0 Å². The molecule has 0 radical (unpaired) electrons. The van der Waals surface area contributed by atoms with E-state index >= 15 is 0 Å². The second-order valence-corrected chi connectivity index (χ2v) is 5.69. The Morgan fingerprint density at radius 1 is 1.25 bits per heavy atom. The van der Waals surface area contributed by atoms with Crippen molar-refractivity contribution in [2.24, 2.45) is 5.73 Å². The molecule has 0 aliphatic rings. The van der Waals surface area contributed by atoms with E-state index in [1.54, 1.807) is 11.3 Å². The lowest BCUT2D eigenvalue weighted by molar-refractivity contribution is 0.607. The molecule has 2 aromatic heterocycles. The zero-order chi connectivity index (χ0) is 13.9. The van der Waals surface area contributed by atoms with Gasteiger partial charge in [-0.2, -0.15) is 0 Å². The number of nitrogens with zero attached hydrogens (tertiary/aromatic N) is 2. The van der Waals surface area contributed by atoms with Crippen LogP contribution in [0.1, 0.15) is 16.5 Å². The fraction of sp³-hybridized carbons (Fsp3) is 0.188. The lowest BCUT2D eigenvalue weighted by atomic mass is 10.1. The van der Waals surface area contributed by atoms with Crippen molar-refractivity contribution in [3.05, 3.63) is 64.6 Å². The SMILES string of the molecule is Cc1ccsc1C(CN)n1ccnc1-c1ccccc1. The summed E-state index contributed by atoms with van der Waals surface area (Å²) < 4.78 is 2.17. The second-order valence-electron chi connectivity index (χ2n) is 4.74. The summed E-state index contributed by atoms with van der Waals surface area (Å²) in [5, 5.41) is 2.12. The Labute approximate surface area is 122 Å². The molecule has 2 heterocycles. The third-order valence-corrected chi connectivity index (χ3v) is 4.58. The molecular formula is C16H17N3S. The van der Waals surface area contributed by atoms with Gasteiger partial charge in [0.25, 0.3) is 0 Å². The zero-order valence-corrected chi connectivity index (χ0v) is 12.2. The van der Waals surface area contributed by atoms with Gasteiger partial charge in [-0.3, -0.25) is 0 Å². The monoisotopic (exact) mass is 283 g/mol. The Kier molecular flexibility index (Phi) is 3.67. The molecule has 0 amide bonds. The van der Waals surface area contributed by atoms with Crippen LogP contribution in [-0.2, 0) is 0 Å². The van der Waals surface area contributed by atoms with Crippen molar-refractivity contribution in [1.82, 2.24) is 9.55 Å². The largest absolute Gasteiger partial charge is 0.328 e. The summed E-state index contributed by atoms with van der Waals surface area (Å²) >= 11 is 1.76. The first-order valence-electron chi connectivity index (χ1n) is 6.63. The average Bonchev–Trinajstić information content (AvgIpc) is 3.11. The van der Waals surface area contributed by atoms with Crippen molar-refractivity contribution in [3.8, 4) is 11.4 Å². The molecule has 0 saturated carbocycles. The number of aromatic nitrogens is 2. The summed E-state index contributed by atoms with van der Waals surface area (Å²) in [6, 6.07) is 12.5. The fourth-order valence-electron chi connectivity index (χ4n) is 2.45. The Balaban J connectivity index is 2.07. The Hall–Kier alpha value is -1.91. The van der Waals surface area contributed by atoms with Crippen molar-refractivity contribution in [1.29, 1.82) is 0 Å². The summed E-state index contributed by atoms with van der Waals surface area (Å²) in [5.74, 6) is 0.967. The van der Waals surface area contributed by atoms with Gasteiger partial charge in [0, 0.05) is 29.4 Å². The molecule has 0 saturated heterocycles. The maximum absolute atomic E-state index is 6.03. The number of thiophene rings is 1. The fourth-order valence-corrected chi connectivity index (χ4v) is 3.49. The maximum atomic E-state index is 6.03. The van der Waals surface area contributed by atoms with Gasteiger partial charge in [-0.15, -0.1) is 11.3 Å². The number of hydrogen-bond donors (Lipinski definition) is 1. The molecule has 0 aliphatic carbocycles. The molecule has 3 rings (SSSR count). The first-order chi connectivity index (χ1) is 9.81. The minimum absolute atomic E-state index is 0.146. The van der Waals surface area contributed by atoms with E-state index in [4.69, 9.17) is 5.73 Å². The molecule has 3 aromatic rings. The normalized spacial score (nSPS) is 12.5. The van der Waals surface area contributed by atoms with Gasteiger partial charge >= 0.3 is 0 Å². The molecule has 102 valence electrons. The van der Waals surface area contributed by atoms with Gasteiger partial charge in [0.1, 0.15) is 5.82 Å². The third-order valence-electron chi connectivity index (χ3n) is 3.46. The van der Waals surface area contributed by atoms with E-state index in [0.29, 0.717) is 6.54 Å². The number of imidazole rings is 1. The highest BCUT2D eigenvalue weighted by molar-refractivity contribution is 7.10. The van der Waals surface area contributed by atoms with Crippen molar-refractivity contribution >= 4 is 11.3 Å². The standard InChI is InChI=1S/C16H17N3S/c1-12-7-10-20-15(12)14(11-17)19-9-8-18-16(19)13-5-3-2-4-6-13/h2-10,14H,11,17H2,1H3. The van der Waals surface area contributed by atoms with Crippen molar-refractivity contribution in [3.63, 3.8) is 0 Å². The molecule has 3 nitrogen and oxygen atoms in total. The van der Waals surface area contributed by atoms with E-state index in [1.165, 1.54) is 10.4 Å². The molecule has 4 heteroatoms. The molecule has 1 unspecified atom stereocenters. The average molecular weight is 283 g/mol. The lowest BCUT2D eigenvalue weighted by Gasteiger charge is -2.19. The van der Waals surface area contributed by atoms with Crippen molar-refractivity contribution in [2.45, 2.75) is 13.0 Å². The van der Waals surface area contributed by atoms with Crippen LogP contribution in [0.3, 0.4) is 0 Å². The van der Waals surface area contributed by atoms with E-state index in [-0.39, 0.29) is 6.04 Å². The van der Waals surface area contributed by atoms with Crippen LogP contribution in [0.25, 0.3) is 11.4 Å². The molecule has 1 aromatic carbocycles. The van der Waals surface area contributed by atoms with Crippen molar-refractivity contribution in [2.75, 3.05) is 6.54 Å². The Morgan fingerprint density at radius 3 is 2.70 bits per heavy atom. The summed E-state index contributed by atoms with van der Waals surface area (Å²) in [6.45, 7) is 2.70. The van der Waals surface area contributed by atoms with E-state index in [0.717, 1.165) is 11.4 Å². The molecule has 20 heavy (non-hydrogen) atoms. The van der Waals surface area contributed by atoms with Crippen LogP contribution in [-0.4, -0.2) is 16.1 Å². The number of rotatable bonds is 4. The first-order valence-corrected chi connectivity index (χ1v) is 7.51. The van der Waals surface area contributed by atoms with Crippen molar-refractivity contribution < 1.29 is 0 Å². The Morgan fingerprint density at radius 2 is 2.05 bits per heavy atom. The summed E-state index contributed by atoms with van der Waals surface area (Å²) in [7, 11) is 0. The van der Waals surface area contributed by atoms with Gasteiger partial charge in [-0.25, -0.2) is 4.98 Å². The van der Waals surface area contributed by atoms with Crippen LogP contribution in [0.4, 0.5) is 0 Å². The molecular weight excluding hydrogens is 266 g/mol. The van der Waals surface area contributed by atoms with Gasteiger partial charge in [0.2, 0.25) is 0 Å². The molecule has 0 fully saturated rings. The van der Waals surface area contributed by atoms with Crippen LogP contribution in [0.15, 0.2) is 54.2 Å². The molecule has 0 bridgehead atoms. The highest BCUT2D eigenvalue weighted by Gasteiger charge is 2.19. The number of aryl methyl sites for hydroxylation is 1. The van der Waals surface area contributed by atoms with E-state index in [9.17, 15) is 0 Å². The summed E-state index contributed by atoms with van der Waals surface area (Å²) in [6.07, 6.45) is 3.85. The molecule has 1 atom stereocenters. The van der Waals surface area contributed by atoms with E-state index in [2.05, 4.69) is 40.1 Å². The maximum Gasteiger partial charge on any atom is 0.140 e. The lowest BCUT2D eigenvalue weighted by Crippen LogP contribution is -2.20. The third kappa shape index (κ3) is 2.28. The highest BCUT2D eigenvalue weighted by atomic mass is 32.1. The van der Waals surface area contributed by atoms with E-state index in [1.807, 2.05) is 30.6 Å². The van der Waals surface area contributed by atoms with Gasteiger partial charge in [0.05, 0.1) is 6.04 Å². The van der Waals surface area contributed by atoms with Crippen LogP contribution >= 0.6 is 11.3 Å². The predicted octanol–water partition coefficient (Wildman–Crippen LogP) is 3.47. The highest BCUT2D eigenvalue weighted by Crippen LogP contribution is 2.30. The predicted molar refractivity (Wildman–Crippen MR) is 83.9 cm³/mol. The van der Waals surface area contributed by atoms with Crippen LogP contribution in [0.2, 0.25) is 0 Å². The molecule has 0 spiro atoms. The summed E-state index contributed by atoms with van der Waals surface area (Å²) in [5.41, 5.74) is 8.43. The minimum Gasteiger partial charge on any atom is -0.328 e. The smallest absolute Gasteiger partial charge is 0.140 e. The Bertz CT molecular complexity index is 685. The van der Waals surface area contributed by atoms with E-state index < -0.39 is 0 Å². The second kappa shape index (κ2) is 5.61. The molecule has 2 N–H and O–H groups in total. The number of hydrogen-bond acceptors (Lipinski definition) is 3. The van der Waals surface area contributed by atoms with Gasteiger partial charge in [-0.1, -0.05) is 30.3 Å². The molecule has 0 aliphatic heterocycles. The topological polar surface area (TPSA) is 43.8 Å². The first kappa shape index (κ1) is 13.1. The zero-order valence-electron chi connectivity index (χ0n) is 11.4. The number of benzene rings is 1. The quantitative estimate of drug-likeness (QED) is 0.796. The van der Waals surface area contributed by atoms with Crippen LogP contribution in [0.5, 0.6) is 0 Å². The van der Waals surface area contributed by atoms with Gasteiger partial charge < -0.3 is 10.3 Å². The summed E-state index contributed by atoms with van der Waals surface area (Å²) in [4.78, 5) is 5.81. The number of nitrogens with two attached hydrogens (primary N) is 1. The minimum atomic E-state index is 0.146.